The van der Waals surface area contributed by atoms with E-state index in [1.165, 1.54) is 11.8 Å². The normalized spacial score (nSPS) is 11.5. The van der Waals surface area contributed by atoms with E-state index in [0.717, 1.165) is 31.0 Å². The minimum atomic E-state index is 0.501. The number of fused-ring (bicyclic) bond motifs is 2. The Morgan fingerprint density at radius 2 is 2.04 bits per heavy atom. The Balaban J connectivity index is 1.73. The van der Waals surface area contributed by atoms with Crippen LogP contribution < -0.4 is 0 Å². The molecule has 0 radical (unpaired) electrons. The zero-order valence-corrected chi connectivity index (χ0v) is 15.3. The van der Waals surface area contributed by atoms with Crippen LogP contribution in [-0.4, -0.2) is 9.55 Å². The van der Waals surface area contributed by atoms with E-state index in [9.17, 15) is 5.26 Å². The molecule has 0 aliphatic heterocycles. The van der Waals surface area contributed by atoms with Crippen LogP contribution in [0.1, 0.15) is 5.56 Å². The summed E-state index contributed by atoms with van der Waals surface area (Å²) in [6.07, 6.45) is 9.39. The highest BCUT2D eigenvalue weighted by Crippen LogP contribution is 2.35. The molecule has 0 unspecified atom stereocenters. The molecule has 0 spiro atoms. The summed E-state index contributed by atoms with van der Waals surface area (Å²) in [4.78, 5) is 5.20. The molecule has 0 atom stereocenters. The topological polar surface area (TPSA) is 41.6 Å². The smallest absolute Gasteiger partial charge is 0.156 e. The van der Waals surface area contributed by atoms with Gasteiger partial charge >= 0.3 is 0 Å². The first-order valence-corrected chi connectivity index (χ1v) is 9.58. The van der Waals surface area contributed by atoms with Gasteiger partial charge in [-0.05, 0) is 36.0 Å². The molecule has 3 nitrogen and oxygen atoms in total. The van der Waals surface area contributed by atoms with Gasteiger partial charge in [0.1, 0.15) is 6.07 Å². The highest BCUT2D eigenvalue weighted by atomic mass is 32.2. The number of terminal acetylenes is 1. The molecule has 0 bridgehead atoms. The number of rotatable bonds is 4. The Hall–Kier alpha value is -2.99. The first kappa shape index (κ1) is 16.5. The van der Waals surface area contributed by atoms with Crippen molar-refractivity contribution in [3.63, 3.8) is 0 Å². The molecule has 0 fully saturated rings. The fraction of sp³-hybridized carbons (Fsp3) is 0.0476. The van der Waals surface area contributed by atoms with Crippen molar-refractivity contribution in [2.24, 2.45) is 0 Å². The maximum atomic E-state index is 9.60. The van der Waals surface area contributed by atoms with E-state index in [1.54, 1.807) is 11.3 Å². The summed E-state index contributed by atoms with van der Waals surface area (Å²) in [7, 11) is 0. The van der Waals surface area contributed by atoms with Crippen molar-refractivity contribution in [2.75, 3.05) is 0 Å². The summed E-state index contributed by atoms with van der Waals surface area (Å²) >= 11 is 2.99. The lowest BCUT2D eigenvalue weighted by Gasteiger charge is -1.97. The maximum absolute atomic E-state index is 9.60. The minimum absolute atomic E-state index is 0.501. The third kappa shape index (κ3) is 3.11. The van der Waals surface area contributed by atoms with Crippen molar-refractivity contribution < 1.29 is 0 Å². The van der Waals surface area contributed by atoms with Crippen LogP contribution in [0.5, 0.6) is 0 Å². The maximum Gasteiger partial charge on any atom is 0.156 e. The molecule has 0 saturated carbocycles. The minimum Gasteiger partial charge on any atom is -0.335 e. The fourth-order valence-corrected chi connectivity index (χ4v) is 4.80. The summed E-state index contributed by atoms with van der Waals surface area (Å²) in [5, 5.41) is 10.7. The van der Waals surface area contributed by atoms with Gasteiger partial charge in [0.15, 0.2) is 4.34 Å². The van der Waals surface area contributed by atoms with E-state index >= 15 is 0 Å². The van der Waals surface area contributed by atoms with Crippen molar-refractivity contribution in [3.05, 3.63) is 65.2 Å². The average molecular weight is 371 g/mol. The molecule has 26 heavy (non-hydrogen) atoms. The van der Waals surface area contributed by atoms with Crippen LogP contribution in [0.2, 0.25) is 0 Å². The highest BCUT2D eigenvalue weighted by molar-refractivity contribution is 8.05. The van der Waals surface area contributed by atoms with E-state index in [-0.39, 0.29) is 0 Å². The molecule has 0 amide bonds. The number of hydrogen-bond donors (Lipinski definition) is 0. The van der Waals surface area contributed by atoms with E-state index < -0.39 is 0 Å². The van der Waals surface area contributed by atoms with Crippen LogP contribution in [0.4, 0.5) is 0 Å². The molecule has 0 N–H and O–H groups in total. The number of nitriles is 1. The summed E-state index contributed by atoms with van der Waals surface area (Å²) < 4.78 is 4.02. The quantitative estimate of drug-likeness (QED) is 0.269. The largest absolute Gasteiger partial charge is 0.335 e. The van der Waals surface area contributed by atoms with E-state index in [2.05, 4.69) is 17.0 Å². The van der Waals surface area contributed by atoms with Gasteiger partial charge in [-0.25, -0.2) is 4.98 Å². The van der Waals surface area contributed by atoms with Gasteiger partial charge in [0.25, 0.3) is 0 Å². The van der Waals surface area contributed by atoms with Gasteiger partial charge in [-0.15, -0.1) is 17.8 Å². The first-order chi connectivity index (χ1) is 12.8. The van der Waals surface area contributed by atoms with E-state index in [1.807, 2.05) is 65.4 Å². The predicted octanol–water partition coefficient (Wildman–Crippen LogP) is 5.54. The van der Waals surface area contributed by atoms with Crippen LogP contribution in [-0.2, 0) is 6.54 Å². The van der Waals surface area contributed by atoms with Crippen molar-refractivity contribution in [1.82, 2.24) is 9.55 Å². The second kappa shape index (κ2) is 7.09. The van der Waals surface area contributed by atoms with E-state index in [0.29, 0.717) is 11.4 Å². The number of allylic oxidation sites excluding steroid dienone is 1. The predicted molar refractivity (Wildman–Crippen MR) is 110 cm³/mol. The molecule has 0 saturated heterocycles. The summed E-state index contributed by atoms with van der Waals surface area (Å²) in [6, 6.07) is 18.4. The third-order valence-corrected chi connectivity index (χ3v) is 5.98. The number of nitrogens with zero attached hydrogens (tertiary/aromatic N) is 3. The van der Waals surface area contributed by atoms with Crippen LogP contribution in [0, 0.1) is 23.7 Å². The molecular formula is C21H13N3S2. The molecular weight excluding hydrogens is 358 g/mol. The lowest BCUT2D eigenvalue weighted by molar-refractivity contribution is 0.885. The van der Waals surface area contributed by atoms with Crippen molar-refractivity contribution in [2.45, 2.75) is 10.9 Å². The molecule has 0 aliphatic carbocycles. The molecule has 4 aromatic rings. The molecule has 124 valence electrons. The van der Waals surface area contributed by atoms with Crippen molar-refractivity contribution in [3.8, 4) is 18.4 Å². The van der Waals surface area contributed by atoms with Gasteiger partial charge < -0.3 is 4.57 Å². The van der Waals surface area contributed by atoms with Crippen molar-refractivity contribution >= 4 is 50.3 Å². The van der Waals surface area contributed by atoms with Crippen LogP contribution in [0.15, 0.2) is 64.0 Å². The second-order valence-corrected chi connectivity index (χ2v) is 7.92. The van der Waals surface area contributed by atoms with Gasteiger partial charge in [0, 0.05) is 22.7 Å². The summed E-state index contributed by atoms with van der Waals surface area (Å²) in [5.41, 5.74) is 3.02. The lowest BCUT2D eigenvalue weighted by atomic mass is 10.1. The van der Waals surface area contributed by atoms with Gasteiger partial charge in [-0.1, -0.05) is 36.3 Å². The lowest BCUT2D eigenvalue weighted by Crippen LogP contribution is -1.91. The van der Waals surface area contributed by atoms with Gasteiger partial charge in [-0.3, -0.25) is 0 Å². The average Bonchev–Trinajstić information content (AvgIpc) is 3.23. The molecule has 2 aromatic heterocycles. The number of para-hydroxylation sites is 2. The number of hydrogen-bond acceptors (Lipinski definition) is 4. The molecule has 2 heterocycles. The first-order valence-electron chi connectivity index (χ1n) is 7.95. The third-order valence-electron chi connectivity index (χ3n) is 3.95. The second-order valence-electron chi connectivity index (χ2n) is 5.60. The molecule has 0 aliphatic rings. The number of benzene rings is 2. The Morgan fingerprint density at radius 3 is 2.85 bits per heavy atom. The standard InChI is InChI=1S/C21H13N3S2/c1-2-11-24-14-15(17-7-3-5-9-19(17)24)12-16(13-22)25-21-23-18-8-4-6-10-20(18)26-21/h1,3-10,12,14H,11H2/b16-12+. The summed E-state index contributed by atoms with van der Waals surface area (Å²) in [6.45, 7) is 0.501. The fourth-order valence-electron chi connectivity index (χ4n) is 2.83. The van der Waals surface area contributed by atoms with Gasteiger partial charge in [0.2, 0.25) is 0 Å². The Morgan fingerprint density at radius 1 is 1.23 bits per heavy atom. The zero-order chi connectivity index (χ0) is 17.9. The van der Waals surface area contributed by atoms with Crippen LogP contribution >= 0.6 is 23.1 Å². The van der Waals surface area contributed by atoms with Crippen LogP contribution in [0.3, 0.4) is 0 Å². The van der Waals surface area contributed by atoms with E-state index in [4.69, 9.17) is 6.42 Å². The number of thiazole rings is 1. The van der Waals surface area contributed by atoms with Gasteiger partial charge in [-0.2, -0.15) is 5.26 Å². The number of aromatic nitrogens is 2. The SMILES string of the molecule is C#CCn1cc(/C=C(\C#N)Sc2nc3ccccc3s2)c2ccccc21. The highest BCUT2D eigenvalue weighted by Gasteiger charge is 2.10. The Bertz CT molecular complexity index is 1180. The molecule has 2 aromatic carbocycles. The molecule has 5 heteroatoms. The monoisotopic (exact) mass is 371 g/mol. The van der Waals surface area contributed by atoms with Crippen molar-refractivity contribution in [1.29, 1.82) is 5.26 Å². The summed E-state index contributed by atoms with van der Waals surface area (Å²) in [5.74, 6) is 2.68. The number of thioether (sulfide) groups is 1. The Labute approximate surface area is 159 Å². The molecule has 4 rings (SSSR count). The van der Waals surface area contributed by atoms with Gasteiger partial charge in [0.05, 0.1) is 21.7 Å². The zero-order valence-electron chi connectivity index (χ0n) is 13.7. The Kier molecular flexibility index (Phi) is 4.50. The van der Waals surface area contributed by atoms with Crippen LogP contribution in [0.25, 0.3) is 27.2 Å².